The molecule has 0 saturated heterocycles. The molecule has 0 fully saturated rings. The topological polar surface area (TPSA) is 46.2 Å². The number of benzene rings is 1. The molecule has 0 atom stereocenters. The summed E-state index contributed by atoms with van der Waals surface area (Å²) in [5.74, 6) is 0. The third kappa shape index (κ3) is 2.26. The van der Waals surface area contributed by atoms with Crippen molar-refractivity contribution >= 4 is 27.7 Å². The van der Waals surface area contributed by atoms with Crippen molar-refractivity contribution in [2.24, 2.45) is 0 Å². The molecule has 0 aliphatic rings. The van der Waals surface area contributed by atoms with E-state index in [1.165, 1.54) is 6.07 Å². The first-order valence-corrected chi connectivity index (χ1v) is 5.55. The Hall–Kier alpha value is -0.940. The molecule has 0 heterocycles. The molecule has 1 aromatic rings. The van der Waals surface area contributed by atoms with Crippen LogP contribution < -0.4 is 4.72 Å². The lowest BCUT2D eigenvalue weighted by Crippen LogP contribution is -2.21. The molecule has 13 heavy (non-hydrogen) atoms. The van der Waals surface area contributed by atoms with Crippen LogP contribution in [0.3, 0.4) is 0 Å². The van der Waals surface area contributed by atoms with Crippen LogP contribution in [0.15, 0.2) is 29.2 Å². The molecule has 1 aromatic carbocycles. The van der Waals surface area contributed by atoms with Gasteiger partial charge in [-0.1, -0.05) is 30.4 Å². The van der Waals surface area contributed by atoms with E-state index in [-0.39, 0.29) is 4.90 Å². The van der Waals surface area contributed by atoms with Crippen molar-refractivity contribution in [1.82, 2.24) is 4.72 Å². The molecule has 0 amide bonds. The average Bonchev–Trinajstić information content (AvgIpc) is 2.04. The van der Waals surface area contributed by atoms with Gasteiger partial charge in [0.15, 0.2) is 0 Å². The molecule has 0 bridgehead atoms. The molecular weight excluding hydrogens is 206 g/mol. The second-order valence-electron chi connectivity index (χ2n) is 2.50. The molecule has 5 heteroatoms. The summed E-state index contributed by atoms with van der Waals surface area (Å²) in [4.78, 5) is 0.260. The predicted molar refractivity (Wildman–Crippen MR) is 55.2 cm³/mol. The lowest BCUT2D eigenvalue weighted by molar-refractivity contribution is 0.592. The van der Waals surface area contributed by atoms with Gasteiger partial charge in [-0.15, -0.1) is 0 Å². The number of sulfonamides is 1. The molecule has 0 unspecified atom stereocenters. The van der Waals surface area contributed by atoms with E-state index in [2.05, 4.69) is 16.9 Å². The summed E-state index contributed by atoms with van der Waals surface area (Å²) in [6, 6.07) is 6.73. The second-order valence-corrected chi connectivity index (χ2v) is 4.42. The summed E-state index contributed by atoms with van der Waals surface area (Å²) in [7, 11) is -3.45. The fourth-order valence-corrected chi connectivity index (χ4v) is 2.37. The lowest BCUT2D eigenvalue weighted by Gasteiger charge is -2.05. The maximum Gasteiger partial charge on any atom is 0.262 e. The summed E-state index contributed by atoms with van der Waals surface area (Å²) in [6.45, 7) is 1.73. The Morgan fingerprint density at radius 2 is 2.00 bits per heavy atom. The van der Waals surface area contributed by atoms with E-state index in [4.69, 9.17) is 0 Å². The quantitative estimate of drug-likeness (QED) is 0.771. The van der Waals surface area contributed by atoms with Crippen LogP contribution in [0.1, 0.15) is 5.56 Å². The van der Waals surface area contributed by atoms with Gasteiger partial charge in [0.2, 0.25) is 0 Å². The van der Waals surface area contributed by atoms with Crippen LogP contribution in [0.25, 0.3) is 0 Å². The molecule has 1 rings (SSSR count). The average molecular weight is 215 g/mol. The number of nitrogens with one attached hydrogen (secondary N) is 1. The molecular formula is C8H9NO2S2. The van der Waals surface area contributed by atoms with Gasteiger partial charge in [0.25, 0.3) is 10.0 Å². The first-order valence-electron chi connectivity index (χ1n) is 3.59. The molecule has 0 aliphatic carbocycles. The third-order valence-corrected chi connectivity index (χ3v) is 3.32. The number of thiocarbonyl (C=S) groups is 1. The summed E-state index contributed by atoms with van der Waals surface area (Å²) >= 11 is 4.43. The number of hydrogen-bond donors (Lipinski definition) is 1. The SMILES string of the molecule is Cc1ccccc1S(=O)(=O)NC=S. The van der Waals surface area contributed by atoms with Crippen molar-refractivity contribution in [3.05, 3.63) is 29.8 Å². The van der Waals surface area contributed by atoms with Crippen molar-refractivity contribution in [3.63, 3.8) is 0 Å². The minimum Gasteiger partial charge on any atom is -0.276 e. The Morgan fingerprint density at radius 3 is 2.54 bits per heavy atom. The zero-order valence-electron chi connectivity index (χ0n) is 7.02. The Bertz CT molecular complexity index is 412. The Kier molecular flexibility index (Phi) is 3.00. The maximum absolute atomic E-state index is 11.4. The Morgan fingerprint density at radius 1 is 1.38 bits per heavy atom. The van der Waals surface area contributed by atoms with Crippen LogP contribution in [0.5, 0.6) is 0 Å². The highest BCUT2D eigenvalue weighted by Gasteiger charge is 2.13. The van der Waals surface area contributed by atoms with Crippen LogP contribution in [-0.4, -0.2) is 13.9 Å². The van der Waals surface area contributed by atoms with Gasteiger partial charge in [-0.3, -0.25) is 4.72 Å². The van der Waals surface area contributed by atoms with E-state index in [1.54, 1.807) is 25.1 Å². The van der Waals surface area contributed by atoms with Crippen LogP contribution in [-0.2, 0) is 10.0 Å². The van der Waals surface area contributed by atoms with Gasteiger partial charge in [-0.2, -0.15) is 0 Å². The van der Waals surface area contributed by atoms with Crippen molar-refractivity contribution in [2.45, 2.75) is 11.8 Å². The number of rotatable bonds is 3. The molecule has 0 radical (unpaired) electrons. The fourth-order valence-electron chi connectivity index (χ4n) is 0.985. The summed E-state index contributed by atoms with van der Waals surface area (Å²) in [5.41, 5.74) is 1.69. The normalized spacial score (nSPS) is 10.8. The van der Waals surface area contributed by atoms with Gasteiger partial charge in [-0.25, -0.2) is 8.42 Å². The zero-order chi connectivity index (χ0) is 9.90. The highest BCUT2D eigenvalue weighted by atomic mass is 32.2. The monoisotopic (exact) mass is 215 g/mol. The largest absolute Gasteiger partial charge is 0.276 e. The van der Waals surface area contributed by atoms with Crippen LogP contribution >= 0.6 is 12.2 Å². The van der Waals surface area contributed by atoms with Crippen LogP contribution in [0.2, 0.25) is 0 Å². The highest BCUT2D eigenvalue weighted by molar-refractivity contribution is 7.91. The zero-order valence-corrected chi connectivity index (χ0v) is 8.65. The summed E-state index contributed by atoms with van der Waals surface area (Å²) in [6.07, 6.45) is 0. The number of hydrogen-bond acceptors (Lipinski definition) is 3. The van der Waals surface area contributed by atoms with E-state index in [0.29, 0.717) is 5.56 Å². The molecule has 0 aliphatic heterocycles. The third-order valence-electron chi connectivity index (χ3n) is 1.59. The Labute approximate surface area is 82.8 Å². The van der Waals surface area contributed by atoms with E-state index in [1.807, 2.05) is 0 Å². The first kappa shape index (κ1) is 10.1. The maximum atomic E-state index is 11.4. The molecule has 0 aromatic heterocycles. The van der Waals surface area contributed by atoms with Crippen molar-refractivity contribution < 1.29 is 8.42 Å². The first-order chi connectivity index (χ1) is 6.08. The van der Waals surface area contributed by atoms with Gasteiger partial charge in [0.05, 0.1) is 10.4 Å². The Balaban J connectivity index is 3.22. The van der Waals surface area contributed by atoms with Crippen molar-refractivity contribution in [1.29, 1.82) is 0 Å². The van der Waals surface area contributed by atoms with Gasteiger partial charge in [0.1, 0.15) is 0 Å². The van der Waals surface area contributed by atoms with E-state index in [0.717, 1.165) is 5.49 Å². The van der Waals surface area contributed by atoms with Crippen molar-refractivity contribution in [3.8, 4) is 0 Å². The highest BCUT2D eigenvalue weighted by Crippen LogP contribution is 2.12. The minimum absolute atomic E-state index is 0.260. The second kappa shape index (κ2) is 3.85. The van der Waals surface area contributed by atoms with Crippen LogP contribution in [0.4, 0.5) is 0 Å². The predicted octanol–water partition coefficient (Wildman–Crippen LogP) is 1.23. The molecule has 1 N–H and O–H groups in total. The molecule has 0 spiro atoms. The van der Waals surface area contributed by atoms with E-state index >= 15 is 0 Å². The lowest BCUT2D eigenvalue weighted by atomic mass is 10.2. The van der Waals surface area contributed by atoms with E-state index < -0.39 is 10.0 Å². The summed E-state index contributed by atoms with van der Waals surface area (Å²) in [5, 5.41) is 0. The smallest absolute Gasteiger partial charge is 0.262 e. The van der Waals surface area contributed by atoms with Crippen molar-refractivity contribution in [2.75, 3.05) is 0 Å². The summed E-state index contributed by atoms with van der Waals surface area (Å²) < 4.78 is 25.0. The van der Waals surface area contributed by atoms with E-state index in [9.17, 15) is 8.42 Å². The van der Waals surface area contributed by atoms with Gasteiger partial charge in [-0.05, 0) is 18.6 Å². The van der Waals surface area contributed by atoms with Gasteiger partial charge in [0, 0.05) is 0 Å². The molecule has 70 valence electrons. The standard InChI is InChI=1S/C8H9NO2S2/c1-7-4-2-3-5-8(7)13(10,11)9-6-12/h2-6H,1H3,(H,9,12). The van der Waals surface area contributed by atoms with Crippen LogP contribution in [0, 0.1) is 6.92 Å². The number of aryl methyl sites for hydroxylation is 1. The fraction of sp³-hybridized carbons (Fsp3) is 0.125. The molecule has 0 saturated carbocycles. The minimum atomic E-state index is -3.45. The van der Waals surface area contributed by atoms with Gasteiger partial charge < -0.3 is 0 Å². The van der Waals surface area contributed by atoms with Gasteiger partial charge >= 0.3 is 0 Å². The molecule has 3 nitrogen and oxygen atoms in total.